The number of rotatable bonds is 17. The van der Waals surface area contributed by atoms with E-state index in [1.54, 1.807) is 0 Å². The molecule has 0 heterocycles. The molecule has 0 saturated heterocycles. The van der Waals surface area contributed by atoms with Crippen LogP contribution < -0.4 is 14.8 Å². The highest BCUT2D eigenvalue weighted by Crippen LogP contribution is 2.23. The lowest BCUT2D eigenvalue weighted by atomic mass is 9.98. The molecule has 1 amide bonds. The number of carboxylic acids is 2. The summed E-state index contributed by atoms with van der Waals surface area (Å²) < 4.78 is 17.6. The third-order valence-corrected chi connectivity index (χ3v) is 6.60. The van der Waals surface area contributed by atoms with Gasteiger partial charge in [0.05, 0.1) is 31.3 Å². The van der Waals surface area contributed by atoms with E-state index in [0.29, 0.717) is 37.1 Å². The molecule has 212 valence electrons. The molecule has 0 aromatic heterocycles. The molecule has 9 heteroatoms. The summed E-state index contributed by atoms with van der Waals surface area (Å²) in [5.41, 5.74) is 1.56. The van der Waals surface area contributed by atoms with Crippen molar-refractivity contribution >= 4 is 17.8 Å². The van der Waals surface area contributed by atoms with Gasteiger partial charge in [0.2, 0.25) is 5.91 Å². The van der Waals surface area contributed by atoms with Crippen LogP contribution in [0.1, 0.15) is 72.9 Å². The van der Waals surface area contributed by atoms with Gasteiger partial charge < -0.3 is 29.7 Å². The van der Waals surface area contributed by atoms with Crippen molar-refractivity contribution in [2.45, 2.75) is 70.3 Å². The van der Waals surface area contributed by atoms with Gasteiger partial charge in [-0.05, 0) is 74.4 Å². The molecule has 0 unspecified atom stereocenters. The van der Waals surface area contributed by atoms with Crippen LogP contribution in [-0.4, -0.2) is 60.5 Å². The Labute approximate surface area is 229 Å². The summed E-state index contributed by atoms with van der Waals surface area (Å²) in [6.45, 7) is 1.33. The number of aryl methyl sites for hydroxylation is 1. The minimum atomic E-state index is -1.16. The summed E-state index contributed by atoms with van der Waals surface area (Å²) in [6.07, 6.45) is 10.0. The Bertz CT molecular complexity index is 1060. The smallest absolute Gasteiger partial charge is 0.335 e. The van der Waals surface area contributed by atoms with E-state index in [9.17, 15) is 19.5 Å². The maximum absolute atomic E-state index is 12.1. The zero-order valence-electron chi connectivity index (χ0n) is 22.4. The van der Waals surface area contributed by atoms with Gasteiger partial charge in [-0.3, -0.25) is 9.59 Å². The van der Waals surface area contributed by atoms with E-state index >= 15 is 0 Å². The second kappa shape index (κ2) is 16.4. The van der Waals surface area contributed by atoms with E-state index in [2.05, 4.69) is 5.32 Å². The Morgan fingerprint density at radius 1 is 0.846 bits per heavy atom. The monoisotopic (exact) mass is 541 g/mol. The molecule has 1 fully saturated rings. The van der Waals surface area contributed by atoms with Crippen molar-refractivity contribution in [1.29, 1.82) is 0 Å². The number of carbonyl (C=O) groups is 3. The molecule has 1 aliphatic carbocycles. The molecule has 0 spiro atoms. The first-order valence-corrected chi connectivity index (χ1v) is 13.7. The molecule has 3 N–H and O–H groups in total. The van der Waals surface area contributed by atoms with Gasteiger partial charge in [-0.15, -0.1) is 0 Å². The van der Waals surface area contributed by atoms with Gasteiger partial charge in [0.15, 0.2) is 0 Å². The minimum absolute atomic E-state index is 0.0264. The largest absolute Gasteiger partial charge is 0.494 e. The topological polar surface area (TPSA) is 131 Å². The normalized spacial score (nSPS) is 13.5. The number of ether oxygens (including phenoxy) is 3. The van der Waals surface area contributed by atoms with Gasteiger partial charge in [0.1, 0.15) is 18.0 Å². The Kier molecular flexibility index (Phi) is 12.6. The number of carboxylic acid groups (broad SMARTS) is 2. The fraction of sp³-hybridized carbons (Fsp3) is 0.500. The molecule has 0 bridgehead atoms. The summed E-state index contributed by atoms with van der Waals surface area (Å²) in [5, 5.41) is 20.3. The van der Waals surface area contributed by atoms with Gasteiger partial charge in [-0.2, -0.15) is 0 Å². The van der Waals surface area contributed by atoms with Gasteiger partial charge in [-0.25, -0.2) is 4.79 Å². The maximum atomic E-state index is 12.1. The second-order valence-corrected chi connectivity index (χ2v) is 9.76. The number of aliphatic carboxylic acids is 1. The molecular formula is C30H39NO8. The molecule has 1 aliphatic rings. The first-order chi connectivity index (χ1) is 18.9. The standard InChI is InChI=1S/C30H39NO8/c32-28(31-21-29(33)34)20-24-19-23(30(35)36)12-15-27(24)39-18-6-7-22-10-13-26(14-11-22)38-17-5-4-16-37-25-8-2-1-3-9-25/h10-15,19,25H,1-9,16-18,20-21H2,(H,31,32)(H,33,34)(H,35,36). The van der Waals surface area contributed by atoms with E-state index in [0.717, 1.165) is 37.2 Å². The number of benzene rings is 2. The van der Waals surface area contributed by atoms with Crippen molar-refractivity contribution in [2.24, 2.45) is 0 Å². The van der Waals surface area contributed by atoms with Crippen molar-refractivity contribution in [3.63, 3.8) is 0 Å². The fourth-order valence-corrected chi connectivity index (χ4v) is 4.49. The summed E-state index contributed by atoms with van der Waals surface area (Å²) >= 11 is 0. The number of carbonyl (C=O) groups excluding carboxylic acids is 1. The van der Waals surface area contributed by atoms with Crippen LogP contribution in [-0.2, 0) is 27.2 Å². The van der Waals surface area contributed by atoms with Crippen LogP contribution in [0.15, 0.2) is 42.5 Å². The van der Waals surface area contributed by atoms with E-state index in [-0.39, 0.29) is 12.0 Å². The first kappa shape index (κ1) is 30.0. The third kappa shape index (κ3) is 11.4. The number of hydrogen-bond donors (Lipinski definition) is 3. The average Bonchev–Trinajstić information content (AvgIpc) is 2.93. The number of amides is 1. The fourth-order valence-electron chi connectivity index (χ4n) is 4.49. The molecule has 0 atom stereocenters. The quantitative estimate of drug-likeness (QED) is 0.247. The SMILES string of the molecule is O=C(O)CNC(=O)Cc1cc(C(=O)O)ccc1OCCCc1ccc(OCCCCOC2CCCCC2)cc1. The Morgan fingerprint density at radius 2 is 1.56 bits per heavy atom. The summed E-state index contributed by atoms with van der Waals surface area (Å²) in [7, 11) is 0. The Hall–Kier alpha value is -3.59. The minimum Gasteiger partial charge on any atom is -0.494 e. The van der Waals surface area contributed by atoms with Gasteiger partial charge in [0, 0.05) is 12.2 Å². The zero-order chi connectivity index (χ0) is 27.9. The van der Waals surface area contributed by atoms with Crippen LogP contribution in [0.25, 0.3) is 0 Å². The van der Waals surface area contributed by atoms with Crippen molar-refractivity contribution in [3.8, 4) is 11.5 Å². The lowest BCUT2D eigenvalue weighted by Gasteiger charge is -2.21. The number of unbranched alkanes of at least 4 members (excludes halogenated alkanes) is 1. The predicted molar refractivity (Wildman–Crippen MR) is 146 cm³/mol. The lowest BCUT2D eigenvalue weighted by molar-refractivity contribution is -0.137. The first-order valence-electron chi connectivity index (χ1n) is 13.7. The molecule has 2 aromatic carbocycles. The van der Waals surface area contributed by atoms with Crippen LogP contribution in [0, 0.1) is 0 Å². The van der Waals surface area contributed by atoms with Crippen LogP contribution in [0.4, 0.5) is 0 Å². The molecule has 2 aromatic rings. The van der Waals surface area contributed by atoms with E-state index < -0.39 is 24.4 Å². The number of aromatic carboxylic acids is 1. The molecule has 39 heavy (non-hydrogen) atoms. The summed E-state index contributed by atoms with van der Waals surface area (Å²) in [5.74, 6) is -1.57. The summed E-state index contributed by atoms with van der Waals surface area (Å²) in [4.78, 5) is 34.1. The molecule has 9 nitrogen and oxygen atoms in total. The van der Waals surface area contributed by atoms with Crippen LogP contribution >= 0.6 is 0 Å². The van der Waals surface area contributed by atoms with Gasteiger partial charge >= 0.3 is 11.9 Å². The van der Waals surface area contributed by atoms with Crippen LogP contribution in [0.2, 0.25) is 0 Å². The van der Waals surface area contributed by atoms with E-state index in [1.165, 1.54) is 50.3 Å². The zero-order valence-corrected chi connectivity index (χ0v) is 22.4. The second-order valence-electron chi connectivity index (χ2n) is 9.76. The molecule has 1 saturated carbocycles. The van der Waals surface area contributed by atoms with Crippen molar-refractivity contribution < 1.29 is 38.8 Å². The van der Waals surface area contributed by atoms with E-state index in [4.69, 9.17) is 19.3 Å². The van der Waals surface area contributed by atoms with Gasteiger partial charge in [0.25, 0.3) is 0 Å². The number of nitrogens with one attached hydrogen (secondary N) is 1. The highest BCUT2D eigenvalue weighted by atomic mass is 16.5. The lowest BCUT2D eigenvalue weighted by Crippen LogP contribution is -2.30. The van der Waals surface area contributed by atoms with Gasteiger partial charge in [-0.1, -0.05) is 31.4 Å². The highest BCUT2D eigenvalue weighted by Gasteiger charge is 2.14. The maximum Gasteiger partial charge on any atom is 0.335 e. The predicted octanol–water partition coefficient (Wildman–Crippen LogP) is 4.65. The van der Waals surface area contributed by atoms with Crippen molar-refractivity contribution in [3.05, 3.63) is 59.2 Å². The van der Waals surface area contributed by atoms with Crippen molar-refractivity contribution in [2.75, 3.05) is 26.4 Å². The summed E-state index contributed by atoms with van der Waals surface area (Å²) in [6, 6.07) is 12.3. The third-order valence-electron chi connectivity index (χ3n) is 6.60. The molecule has 0 aliphatic heterocycles. The molecule has 3 rings (SSSR count). The Balaban J connectivity index is 1.36. The number of hydrogen-bond acceptors (Lipinski definition) is 6. The van der Waals surface area contributed by atoms with Crippen LogP contribution in [0.3, 0.4) is 0 Å². The average molecular weight is 542 g/mol. The van der Waals surface area contributed by atoms with E-state index in [1.807, 2.05) is 24.3 Å². The Morgan fingerprint density at radius 3 is 2.28 bits per heavy atom. The molecule has 0 radical (unpaired) electrons. The molecular weight excluding hydrogens is 502 g/mol. The van der Waals surface area contributed by atoms with Crippen molar-refractivity contribution in [1.82, 2.24) is 5.32 Å². The van der Waals surface area contributed by atoms with Crippen LogP contribution in [0.5, 0.6) is 11.5 Å². The highest BCUT2D eigenvalue weighted by molar-refractivity contribution is 5.89.